The Balaban J connectivity index is 1.54. The Morgan fingerprint density at radius 1 is 1.26 bits per heavy atom. The van der Waals surface area contributed by atoms with Crippen molar-refractivity contribution in [2.45, 2.75) is 18.9 Å². The van der Waals surface area contributed by atoms with E-state index >= 15 is 0 Å². The average molecular weight is 377 g/mol. The van der Waals surface area contributed by atoms with Crippen LogP contribution in [0.3, 0.4) is 0 Å². The minimum atomic E-state index is -0.179. The molecule has 0 bridgehead atoms. The lowest BCUT2D eigenvalue weighted by Gasteiger charge is -2.23. The van der Waals surface area contributed by atoms with Crippen molar-refractivity contribution < 1.29 is 14.3 Å². The summed E-state index contributed by atoms with van der Waals surface area (Å²) < 4.78 is 6.58. The molecule has 0 aliphatic carbocycles. The van der Waals surface area contributed by atoms with Gasteiger partial charge in [0.1, 0.15) is 5.75 Å². The van der Waals surface area contributed by atoms with Gasteiger partial charge in [-0.2, -0.15) is 0 Å². The first-order valence-corrected chi connectivity index (χ1v) is 8.27. The number of amides is 2. The molecule has 3 rings (SSSR count). The summed E-state index contributed by atoms with van der Waals surface area (Å²) in [7, 11) is 0. The fourth-order valence-electron chi connectivity index (χ4n) is 2.56. The number of nitrogens with one attached hydrogen (secondary N) is 2. The fourth-order valence-corrected chi connectivity index (χ4v) is 2.94. The number of carbonyl (C=O) groups excluding carboxylic acids is 2. The van der Waals surface area contributed by atoms with E-state index in [0.29, 0.717) is 25.1 Å². The van der Waals surface area contributed by atoms with Crippen molar-refractivity contribution in [1.29, 1.82) is 0 Å². The van der Waals surface area contributed by atoms with Crippen LogP contribution < -0.4 is 15.4 Å². The van der Waals surface area contributed by atoms with E-state index in [2.05, 4.69) is 26.6 Å². The lowest BCUT2D eigenvalue weighted by molar-refractivity contribution is -0.126. The minimum absolute atomic E-state index is 0.0160. The molecule has 120 valence electrons. The maximum atomic E-state index is 11.9. The predicted molar refractivity (Wildman–Crippen MR) is 91.3 cm³/mol. The van der Waals surface area contributed by atoms with E-state index in [9.17, 15) is 9.59 Å². The molecule has 1 unspecified atom stereocenters. The van der Waals surface area contributed by atoms with Crippen LogP contribution in [-0.4, -0.2) is 31.0 Å². The maximum Gasteiger partial charge on any atom is 0.258 e. The number of hydrogen-bond acceptors (Lipinski definition) is 3. The first-order chi connectivity index (χ1) is 11.1. The summed E-state index contributed by atoms with van der Waals surface area (Å²) in [5.74, 6) is 0.517. The standard InChI is InChI=1S/C17H17BrN2O3/c18-13-3-1-12-8-15(5-2-11(12)7-13)23-10-17(22)20-14-4-6-16(21)19-9-14/h1-3,5,7-8,14H,4,6,9-10H2,(H,19,21)(H,20,22). The second-order valence-electron chi connectivity index (χ2n) is 5.55. The highest BCUT2D eigenvalue weighted by Gasteiger charge is 2.19. The molecule has 2 N–H and O–H groups in total. The molecule has 2 aromatic carbocycles. The van der Waals surface area contributed by atoms with Crippen molar-refractivity contribution in [1.82, 2.24) is 10.6 Å². The van der Waals surface area contributed by atoms with Gasteiger partial charge in [-0.1, -0.05) is 28.1 Å². The summed E-state index contributed by atoms with van der Waals surface area (Å²) in [5.41, 5.74) is 0. The molecule has 0 aromatic heterocycles. The molecule has 0 saturated carbocycles. The van der Waals surface area contributed by atoms with Gasteiger partial charge in [0.05, 0.1) is 0 Å². The summed E-state index contributed by atoms with van der Waals surface area (Å²) in [4.78, 5) is 23.0. The third-order valence-electron chi connectivity index (χ3n) is 3.77. The first-order valence-electron chi connectivity index (χ1n) is 7.48. The van der Waals surface area contributed by atoms with E-state index < -0.39 is 0 Å². The van der Waals surface area contributed by atoms with Gasteiger partial charge in [-0.05, 0) is 41.5 Å². The smallest absolute Gasteiger partial charge is 0.258 e. The number of benzene rings is 2. The van der Waals surface area contributed by atoms with Gasteiger partial charge >= 0.3 is 0 Å². The van der Waals surface area contributed by atoms with Gasteiger partial charge in [0.15, 0.2) is 6.61 Å². The molecule has 1 aliphatic rings. The molecule has 23 heavy (non-hydrogen) atoms. The number of piperidine rings is 1. The Morgan fingerprint density at radius 3 is 2.83 bits per heavy atom. The average Bonchev–Trinajstić information content (AvgIpc) is 2.55. The molecule has 1 atom stereocenters. The second-order valence-corrected chi connectivity index (χ2v) is 6.46. The van der Waals surface area contributed by atoms with Gasteiger partial charge in [0, 0.05) is 23.5 Å². The number of hydrogen-bond donors (Lipinski definition) is 2. The summed E-state index contributed by atoms with van der Waals surface area (Å²) in [6.07, 6.45) is 1.12. The highest BCUT2D eigenvalue weighted by atomic mass is 79.9. The number of fused-ring (bicyclic) bond motifs is 1. The van der Waals surface area contributed by atoms with Gasteiger partial charge in [0.2, 0.25) is 5.91 Å². The number of ether oxygens (including phenoxy) is 1. The van der Waals surface area contributed by atoms with Crippen LogP contribution in [0.2, 0.25) is 0 Å². The van der Waals surface area contributed by atoms with Crippen molar-refractivity contribution in [3.05, 3.63) is 40.9 Å². The Morgan fingerprint density at radius 2 is 2.04 bits per heavy atom. The third kappa shape index (κ3) is 4.22. The summed E-state index contributed by atoms with van der Waals surface area (Å²) >= 11 is 3.44. The molecule has 0 spiro atoms. The van der Waals surface area contributed by atoms with Crippen molar-refractivity contribution in [3.8, 4) is 5.75 Å². The van der Waals surface area contributed by atoms with Gasteiger partial charge in [0.25, 0.3) is 5.91 Å². The van der Waals surface area contributed by atoms with E-state index in [1.54, 1.807) is 0 Å². The predicted octanol–water partition coefficient (Wildman–Crippen LogP) is 2.38. The molecular weight excluding hydrogens is 360 g/mol. The monoisotopic (exact) mass is 376 g/mol. The lowest BCUT2D eigenvalue weighted by Crippen LogP contribution is -2.48. The largest absolute Gasteiger partial charge is 0.484 e. The Bertz CT molecular complexity index is 738. The highest BCUT2D eigenvalue weighted by Crippen LogP contribution is 2.24. The Kier molecular flexibility index (Phi) is 4.81. The highest BCUT2D eigenvalue weighted by molar-refractivity contribution is 9.10. The van der Waals surface area contributed by atoms with E-state index in [0.717, 1.165) is 15.2 Å². The molecule has 1 fully saturated rings. The van der Waals surface area contributed by atoms with Crippen LogP contribution in [0.25, 0.3) is 10.8 Å². The second kappa shape index (κ2) is 7.00. The number of carbonyl (C=O) groups is 2. The Labute approximate surface area is 142 Å². The van der Waals surface area contributed by atoms with E-state index in [-0.39, 0.29) is 24.5 Å². The van der Waals surface area contributed by atoms with Crippen molar-refractivity contribution >= 4 is 38.5 Å². The van der Waals surface area contributed by atoms with Crippen LogP contribution in [-0.2, 0) is 9.59 Å². The van der Waals surface area contributed by atoms with E-state index in [4.69, 9.17) is 4.74 Å². The zero-order valence-electron chi connectivity index (χ0n) is 12.5. The zero-order valence-corrected chi connectivity index (χ0v) is 14.1. The normalized spacial score (nSPS) is 17.6. The van der Waals surface area contributed by atoms with Crippen molar-refractivity contribution in [2.75, 3.05) is 13.2 Å². The van der Waals surface area contributed by atoms with E-state index in [1.807, 2.05) is 36.4 Å². The molecule has 0 radical (unpaired) electrons. The molecule has 1 saturated heterocycles. The molecular formula is C17H17BrN2O3. The van der Waals surface area contributed by atoms with Gasteiger partial charge in [-0.3, -0.25) is 9.59 Å². The van der Waals surface area contributed by atoms with Crippen LogP contribution in [0.1, 0.15) is 12.8 Å². The van der Waals surface area contributed by atoms with Crippen LogP contribution in [0.5, 0.6) is 5.75 Å². The summed E-state index contributed by atoms with van der Waals surface area (Å²) in [6.45, 7) is 0.446. The van der Waals surface area contributed by atoms with Crippen LogP contribution in [0.4, 0.5) is 0 Å². The van der Waals surface area contributed by atoms with Gasteiger partial charge in [-0.25, -0.2) is 0 Å². The van der Waals surface area contributed by atoms with Crippen LogP contribution in [0, 0.1) is 0 Å². The molecule has 5 nitrogen and oxygen atoms in total. The molecule has 6 heteroatoms. The third-order valence-corrected chi connectivity index (χ3v) is 4.27. The lowest BCUT2D eigenvalue weighted by atomic mass is 10.1. The Hall–Kier alpha value is -2.08. The molecule has 2 aromatic rings. The molecule has 1 aliphatic heterocycles. The zero-order chi connectivity index (χ0) is 16.2. The van der Waals surface area contributed by atoms with Crippen molar-refractivity contribution in [3.63, 3.8) is 0 Å². The number of halogens is 1. The van der Waals surface area contributed by atoms with Gasteiger partial charge < -0.3 is 15.4 Å². The summed E-state index contributed by atoms with van der Waals surface area (Å²) in [6, 6.07) is 11.7. The van der Waals surface area contributed by atoms with Crippen LogP contribution >= 0.6 is 15.9 Å². The fraction of sp³-hybridized carbons (Fsp3) is 0.294. The van der Waals surface area contributed by atoms with Crippen molar-refractivity contribution in [2.24, 2.45) is 0 Å². The SMILES string of the molecule is O=C1CCC(NC(=O)COc2ccc3cc(Br)ccc3c2)CN1. The molecule has 2 amide bonds. The quantitative estimate of drug-likeness (QED) is 0.860. The minimum Gasteiger partial charge on any atom is -0.484 e. The van der Waals surface area contributed by atoms with E-state index in [1.165, 1.54) is 0 Å². The number of rotatable bonds is 4. The first kappa shape index (κ1) is 15.8. The topological polar surface area (TPSA) is 67.4 Å². The van der Waals surface area contributed by atoms with Gasteiger partial charge in [-0.15, -0.1) is 0 Å². The summed E-state index contributed by atoms with van der Waals surface area (Å²) in [5, 5.41) is 7.77. The van der Waals surface area contributed by atoms with Crippen LogP contribution in [0.15, 0.2) is 40.9 Å². The maximum absolute atomic E-state index is 11.9. The molecule has 1 heterocycles.